The maximum atomic E-state index is 13.1. The van der Waals surface area contributed by atoms with Crippen LogP contribution in [0.2, 0.25) is 0 Å². The van der Waals surface area contributed by atoms with Gasteiger partial charge < -0.3 is 9.88 Å². The van der Waals surface area contributed by atoms with Crippen molar-refractivity contribution in [3.05, 3.63) is 66.4 Å². The molecule has 0 saturated carbocycles. The topological polar surface area (TPSA) is 71.4 Å². The molecule has 1 N–H and O–H groups in total. The summed E-state index contributed by atoms with van der Waals surface area (Å²) in [6.45, 7) is 3.40. The van der Waals surface area contributed by atoms with Gasteiger partial charge in [-0.2, -0.15) is 4.31 Å². The lowest BCUT2D eigenvalue weighted by Crippen LogP contribution is -2.35. The van der Waals surface area contributed by atoms with Gasteiger partial charge in [-0.3, -0.25) is 4.79 Å². The number of benzene rings is 2. The number of nitrogens with one attached hydrogen (secondary N) is 1. The van der Waals surface area contributed by atoms with Gasteiger partial charge in [0.2, 0.25) is 15.9 Å². The monoisotopic (exact) mass is 467 g/mol. The van der Waals surface area contributed by atoms with Crippen LogP contribution >= 0.6 is 0 Å². The predicted octanol–water partition coefficient (Wildman–Crippen LogP) is 4.34. The molecule has 7 heteroatoms. The van der Waals surface area contributed by atoms with Crippen molar-refractivity contribution in [3.8, 4) is 0 Å². The highest BCUT2D eigenvalue weighted by Crippen LogP contribution is 2.25. The number of carbonyl (C=O) groups is 1. The highest BCUT2D eigenvalue weighted by Gasteiger charge is 2.25. The van der Waals surface area contributed by atoms with E-state index in [9.17, 15) is 13.2 Å². The minimum Gasteiger partial charge on any atom is -0.352 e. The van der Waals surface area contributed by atoms with Crippen LogP contribution in [-0.4, -0.2) is 42.3 Å². The molecule has 3 aromatic rings. The first-order chi connectivity index (χ1) is 15.9. The van der Waals surface area contributed by atoms with Crippen LogP contribution in [0.4, 0.5) is 0 Å². The summed E-state index contributed by atoms with van der Waals surface area (Å²) < 4.78 is 29.7. The van der Waals surface area contributed by atoms with Gasteiger partial charge in [0.25, 0.3) is 0 Å². The molecule has 4 rings (SSSR count). The quantitative estimate of drug-likeness (QED) is 0.536. The van der Waals surface area contributed by atoms with Crippen LogP contribution in [-0.2, 0) is 27.8 Å². The molecule has 2 heterocycles. The molecule has 1 amide bonds. The van der Waals surface area contributed by atoms with E-state index in [0.29, 0.717) is 18.0 Å². The van der Waals surface area contributed by atoms with E-state index in [1.165, 1.54) is 5.56 Å². The molecule has 1 aliphatic heterocycles. The van der Waals surface area contributed by atoms with Crippen molar-refractivity contribution in [1.82, 2.24) is 14.2 Å². The highest BCUT2D eigenvalue weighted by molar-refractivity contribution is 7.89. The van der Waals surface area contributed by atoms with Crippen molar-refractivity contribution < 1.29 is 13.2 Å². The van der Waals surface area contributed by atoms with Gasteiger partial charge in [0.15, 0.2) is 0 Å². The first kappa shape index (κ1) is 23.5. The number of rotatable bonds is 8. The average molecular weight is 468 g/mol. The van der Waals surface area contributed by atoms with E-state index in [1.807, 2.05) is 48.0 Å². The van der Waals surface area contributed by atoms with Gasteiger partial charge in [0.1, 0.15) is 6.54 Å². The van der Waals surface area contributed by atoms with Crippen molar-refractivity contribution in [2.75, 3.05) is 13.1 Å². The second-order valence-electron chi connectivity index (χ2n) is 8.98. The summed E-state index contributed by atoms with van der Waals surface area (Å²) >= 11 is 0. The lowest BCUT2D eigenvalue weighted by Gasteiger charge is -2.20. The van der Waals surface area contributed by atoms with Crippen LogP contribution < -0.4 is 5.32 Å². The van der Waals surface area contributed by atoms with Gasteiger partial charge in [-0.15, -0.1) is 0 Å². The summed E-state index contributed by atoms with van der Waals surface area (Å²) in [5.74, 6) is -0.0469. The third-order valence-electron chi connectivity index (χ3n) is 6.38. The third kappa shape index (κ3) is 5.84. The van der Waals surface area contributed by atoms with Gasteiger partial charge in [0, 0.05) is 36.2 Å². The zero-order valence-electron chi connectivity index (χ0n) is 19.2. The minimum atomic E-state index is -3.49. The van der Waals surface area contributed by atoms with Crippen LogP contribution in [0.1, 0.15) is 44.6 Å². The van der Waals surface area contributed by atoms with Crippen LogP contribution in [0.5, 0.6) is 0 Å². The van der Waals surface area contributed by atoms with Gasteiger partial charge in [-0.25, -0.2) is 8.42 Å². The molecule has 0 aliphatic carbocycles. The van der Waals surface area contributed by atoms with Crippen molar-refractivity contribution in [1.29, 1.82) is 0 Å². The maximum absolute atomic E-state index is 13.1. The summed E-state index contributed by atoms with van der Waals surface area (Å²) in [5, 5.41) is 3.90. The van der Waals surface area contributed by atoms with Crippen molar-refractivity contribution in [2.45, 2.75) is 62.9 Å². The normalized spacial score (nSPS) is 16.4. The van der Waals surface area contributed by atoms with Crippen LogP contribution in [0.3, 0.4) is 0 Å². The average Bonchev–Trinajstić information content (AvgIpc) is 3.01. The summed E-state index contributed by atoms with van der Waals surface area (Å²) in [6.07, 6.45) is 7.64. The molecule has 0 radical (unpaired) electrons. The number of hydrogen-bond donors (Lipinski definition) is 1. The lowest BCUT2D eigenvalue weighted by molar-refractivity contribution is -0.122. The van der Waals surface area contributed by atoms with Crippen LogP contribution in [0.15, 0.2) is 65.7 Å². The van der Waals surface area contributed by atoms with E-state index in [-0.39, 0.29) is 18.5 Å². The molecule has 0 bridgehead atoms. The van der Waals surface area contributed by atoms with E-state index < -0.39 is 10.0 Å². The fourth-order valence-corrected chi connectivity index (χ4v) is 6.04. The Kier molecular flexibility index (Phi) is 7.50. The molecule has 6 nitrogen and oxygen atoms in total. The standard InChI is InChI=1S/C26H33N3O3S/c1-21(11-12-22-9-5-4-6-10-22)27-26(30)20-28-18-15-23-19-24(13-14-25(23)28)33(31,32)29-16-7-2-3-8-17-29/h4-6,9-10,13-15,18-19,21H,2-3,7-8,11-12,16-17,20H2,1H3,(H,27,30)/t21-/m0/s1. The predicted molar refractivity (Wildman–Crippen MR) is 132 cm³/mol. The molecule has 1 aromatic heterocycles. The molecule has 2 aromatic carbocycles. The molecule has 1 aliphatic rings. The van der Waals surface area contributed by atoms with Crippen LogP contribution in [0.25, 0.3) is 10.9 Å². The Morgan fingerprint density at radius 1 is 1.00 bits per heavy atom. The number of carbonyl (C=O) groups excluding carboxylic acids is 1. The number of aromatic nitrogens is 1. The molecular weight excluding hydrogens is 434 g/mol. The largest absolute Gasteiger partial charge is 0.352 e. The Balaban J connectivity index is 1.39. The van der Waals surface area contributed by atoms with E-state index in [0.717, 1.165) is 49.4 Å². The van der Waals surface area contributed by atoms with E-state index >= 15 is 0 Å². The number of hydrogen-bond acceptors (Lipinski definition) is 3. The fourth-order valence-electron chi connectivity index (χ4n) is 4.48. The molecule has 1 atom stereocenters. The number of aryl methyl sites for hydroxylation is 1. The third-order valence-corrected chi connectivity index (χ3v) is 8.27. The number of sulfonamides is 1. The summed E-state index contributed by atoms with van der Waals surface area (Å²) in [6, 6.07) is 17.4. The van der Waals surface area contributed by atoms with Crippen molar-refractivity contribution >= 4 is 26.8 Å². The van der Waals surface area contributed by atoms with Gasteiger partial charge in [-0.05, 0) is 62.4 Å². The second-order valence-corrected chi connectivity index (χ2v) is 10.9. The number of fused-ring (bicyclic) bond motifs is 1. The van der Waals surface area contributed by atoms with Crippen LogP contribution in [0, 0.1) is 0 Å². The summed E-state index contributed by atoms with van der Waals surface area (Å²) in [5.41, 5.74) is 2.12. The zero-order chi connectivity index (χ0) is 23.3. The molecule has 1 saturated heterocycles. The molecule has 0 spiro atoms. The van der Waals surface area contributed by atoms with E-state index in [2.05, 4.69) is 17.4 Å². The van der Waals surface area contributed by atoms with Crippen molar-refractivity contribution in [2.24, 2.45) is 0 Å². The number of amides is 1. The van der Waals surface area contributed by atoms with E-state index in [4.69, 9.17) is 0 Å². The Morgan fingerprint density at radius 3 is 2.45 bits per heavy atom. The van der Waals surface area contributed by atoms with Gasteiger partial charge in [-0.1, -0.05) is 43.2 Å². The smallest absolute Gasteiger partial charge is 0.243 e. The number of nitrogens with zero attached hydrogens (tertiary/aromatic N) is 2. The van der Waals surface area contributed by atoms with Crippen molar-refractivity contribution in [3.63, 3.8) is 0 Å². The Morgan fingerprint density at radius 2 is 1.73 bits per heavy atom. The first-order valence-corrected chi connectivity index (χ1v) is 13.3. The summed E-state index contributed by atoms with van der Waals surface area (Å²) in [7, 11) is -3.49. The van der Waals surface area contributed by atoms with Gasteiger partial charge >= 0.3 is 0 Å². The van der Waals surface area contributed by atoms with E-state index in [1.54, 1.807) is 16.4 Å². The Bertz CT molecular complexity index is 1180. The lowest BCUT2D eigenvalue weighted by atomic mass is 10.1. The first-order valence-electron chi connectivity index (χ1n) is 11.9. The Hall–Kier alpha value is -2.64. The zero-order valence-corrected chi connectivity index (χ0v) is 20.1. The molecule has 33 heavy (non-hydrogen) atoms. The fraction of sp³-hybridized carbons (Fsp3) is 0.423. The molecule has 1 fully saturated rings. The molecule has 176 valence electrons. The SMILES string of the molecule is C[C@@H](CCc1ccccc1)NC(=O)Cn1ccc2cc(S(=O)(=O)N3CCCCCC3)ccc21. The highest BCUT2D eigenvalue weighted by atomic mass is 32.2. The second kappa shape index (κ2) is 10.5. The Labute approximate surface area is 196 Å². The maximum Gasteiger partial charge on any atom is 0.243 e. The molecule has 0 unspecified atom stereocenters. The molecular formula is C26H33N3O3S. The van der Waals surface area contributed by atoms with Gasteiger partial charge in [0.05, 0.1) is 4.90 Å². The minimum absolute atomic E-state index is 0.0469. The summed E-state index contributed by atoms with van der Waals surface area (Å²) in [4.78, 5) is 12.9.